The van der Waals surface area contributed by atoms with Crippen LogP contribution in [0.1, 0.15) is 36.5 Å². The van der Waals surface area contributed by atoms with Gasteiger partial charge in [0.15, 0.2) is 0 Å². The minimum absolute atomic E-state index is 0.0711. The Labute approximate surface area is 178 Å². The molecule has 6 heteroatoms. The minimum Gasteiger partial charge on any atom is -0.422 e. The molecule has 2 atom stereocenters. The number of nitrogens with one attached hydrogen (secondary N) is 2. The van der Waals surface area contributed by atoms with Gasteiger partial charge in [0.1, 0.15) is 5.92 Å². The van der Waals surface area contributed by atoms with E-state index in [-0.39, 0.29) is 11.8 Å². The second-order valence-electron chi connectivity index (χ2n) is 7.71. The first-order valence-electron chi connectivity index (χ1n) is 9.57. The van der Waals surface area contributed by atoms with Crippen molar-refractivity contribution >= 4 is 21.8 Å². The molecule has 2 heterocycles. The first-order chi connectivity index (χ1) is 14.0. The van der Waals surface area contributed by atoms with Crippen LogP contribution in [0.3, 0.4) is 0 Å². The van der Waals surface area contributed by atoms with Gasteiger partial charge in [-0.2, -0.15) is 5.26 Å². The fraction of sp³-hybridized carbons (Fsp3) is 0.261. The molecule has 2 N–H and O–H groups in total. The van der Waals surface area contributed by atoms with Gasteiger partial charge in [0.05, 0.1) is 17.3 Å². The van der Waals surface area contributed by atoms with E-state index >= 15 is 0 Å². The number of nitrogens with zero attached hydrogens (tertiary/aromatic N) is 2. The lowest BCUT2D eigenvalue weighted by atomic mass is 9.79. The van der Waals surface area contributed by atoms with Crippen LogP contribution in [0.15, 0.2) is 53.0 Å². The maximum absolute atomic E-state index is 9.78. The summed E-state index contributed by atoms with van der Waals surface area (Å²) in [5, 5.41) is 25.4. The largest absolute Gasteiger partial charge is 0.422 e. The van der Waals surface area contributed by atoms with Crippen LogP contribution >= 0.6 is 15.9 Å². The first-order valence-corrected chi connectivity index (χ1v) is 10.4. The normalized spacial score (nSPS) is 18.2. The van der Waals surface area contributed by atoms with Crippen molar-refractivity contribution in [1.82, 2.24) is 10.2 Å². The molecule has 0 bridgehead atoms. The van der Waals surface area contributed by atoms with E-state index in [1.807, 2.05) is 24.3 Å². The highest BCUT2D eigenvalue weighted by atomic mass is 79.9. The number of aromatic nitrogens is 2. The number of H-pyrrole nitrogens is 1. The van der Waals surface area contributed by atoms with Gasteiger partial charge in [-0.1, -0.05) is 66.2 Å². The summed E-state index contributed by atoms with van der Waals surface area (Å²) in [5.41, 5.74) is 4.88. The molecule has 1 aliphatic heterocycles. The molecule has 0 fully saturated rings. The monoisotopic (exact) mass is 448 g/mol. The SMILES string of the molecule is CC(C)Cc1ccc(-c2[nH]nc3c2C(c2ccc(Br)cc2)C(C#N)C(=N)O3)cc1. The van der Waals surface area contributed by atoms with E-state index in [0.717, 1.165) is 33.3 Å². The predicted octanol–water partition coefficient (Wildman–Crippen LogP) is 5.68. The molecule has 1 aromatic heterocycles. The zero-order valence-electron chi connectivity index (χ0n) is 16.2. The van der Waals surface area contributed by atoms with Crippen LogP contribution in [0, 0.1) is 28.6 Å². The van der Waals surface area contributed by atoms with Crippen molar-refractivity contribution in [3.8, 4) is 23.2 Å². The highest BCUT2D eigenvalue weighted by Crippen LogP contribution is 2.45. The van der Waals surface area contributed by atoms with E-state index in [2.05, 4.69) is 70.3 Å². The maximum atomic E-state index is 9.78. The topological polar surface area (TPSA) is 85.5 Å². The predicted molar refractivity (Wildman–Crippen MR) is 116 cm³/mol. The van der Waals surface area contributed by atoms with Gasteiger partial charge < -0.3 is 4.74 Å². The molecule has 0 radical (unpaired) electrons. The standard InChI is InChI=1S/C23H21BrN4O/c1-13(2)11-14-3-5-16(6-4-14)21-20-19(15-7-9-17(24)10-8-15)18(12-25)22(26)29-23(20)28-27-21/h3-10,13,18-19,26H,11H2,1-2H3,(H,27,28). The van der Waals surface area contributed by atoms with Crippen molar-refractivity contribution in [2.24, 2.45) is 11.8 Å². The van der Waals surface area contributed by atoms with Crippen LogP contribution in [0.5, 0.6) is 5.88 Å². The summed E-state index contributed by atoms with van der Waals surface area (Å²) in [6.45, 7) is 4.41. The molecule has 0 amide bonds. The molecule has 4 rings (SSSR count). The molecular weight excluding hydrogens is 428 g/mol. The van der Waals surface area contributed by atoms with Crippen LogP contribution in [0.4, 0.5) is 0 Å². The Morgan fingerprint density at radius 1 is 1.17 bits per heavy atom. The van der Waals surface area contributed by atoms with Crippen molar-refractivity contribution in [2.75, 3.05) is 0 Å². The summed E-state index contributed by atoms with van der Waals surface area (Å²) in [6, 6.07) is 18.5. The molecule has 0 aliphatic carbocycles. The van der Waals surface area contributed by atoms with Crippen molar-refractivity contribution in [3.05, 3.63) is 69.7 Å². The Hall–Kier alpha value is -2.91. The fourth-order valence-electron chi connectivity index (χ4n) is 3.85. The second kappa shape index (κ2) is 7.84. The number of ether oxygens (including phenoxy) is 1. The molecule has 3 aromatic rings. The number of rotatable bonds is 4. The van der Waals surface area contributed by atoms with Crippen molar-refractivity contribution in [3.63, 3.8) is 0 Å². The molecule has 2 aromatic carbocycles. The van der Waals surface area contributed by atoms with E-state index in [9.17, 15) is 5.26 Å². The molecular formula is C23H21BrN4O. The molecule has 146 valence electrons. The van der Waals surface area contributed by atoms with Gasteiger partial charge in [0, 0.05) is 10.4 Å². The first kappa shape index (κ1) is 19.4. The molecule has 2 unspecified atom stereocenters. The quantitative estimate of drug-likeness (QED) is 0.538. The van der Waals surface area contributed by atoms with Gasteiger partial charge in [-0.05, 0) is 41.2 Å². The molecule has 0 saturated heterocycles. The lowest BCUT2D eigenvalue weighted by molar-refractivity contribution is 0.437. The van der Waals surface area contributed by atoms with Gasteiger partial charge in [0.25, 0.3) is 0 Å². The Morgan fingerprint density at radius 3 is 2.48 bits per heavy atom. The number of benzene rings is 2. The van der Waals surface area contributed by atoms with Gasteiger partial charge in [0.2, 0.25) is 11.8 Å². The van der Waals surface area contributed by atoms with Crippen molar-refractivity contribution in [1.29, 1.82) is 10.7 Å². The van der Waals surface area contributed by atoms with E-state index in [1.165, 1.54) is 5.56 Å². The van der Waals surface area contributed by atoms with Gasteiger partial charge >= 0.3 is 0 Å². The summed E-state index contributed by atoms with van der Waals surface area (Å²) in [5.74, 6) is -0.138. The van der Waals surface area contributed by atoms with Gasteiger partial charge in [-0.15, -0.1) is 5.10 Å². The number of nitriles is 1. The molecule has 5 nitrogen and oxygen atoms in total. The molecule has 0 spiro atoms. The van der Waals surface area contributed by atoms with Crippen LogP contribution < -0.4 is 4.74 Å². The lowest BCUT2D eigenvalue weighted by Gasteiger charge is -2.28. The van der Waals surface area contributed by atoms with E-state index in [4.69, 9.17) is 10.1 Å². The van der Waals surface area contributed by atoms with Crippen LogP contribution in [-0.4, -0.2) is 16.1 Å². The zero-order valence-corrected chi connectivity index (χ0v) is 17.8. The Kier molecular flexibility index (Phi) is 5.25. The summed E-state index contributed by atoms with van der Waals surface area (Å²) >= 11 is 3.46. The molecule has 1 aliphatic rings. The number of fused-ring (bicyclic) bond motifs is 1. The zero-order chi connectivity index (χ0) is 20.5. The third-order valence-electron chi connectivity index (χ3n) is 5.16. The Balaban J connectivity index is 1.82. The van der Waals surface area contributed by atoms with E-state index in [1.54, 1.807) is 0 Å². The lowest BCUT2D eigenvalue weighted by Crippen LogP contribution is -2.30. The highest BCUT2D eigenvalue weighted by molar-refractivity contribution is 9.10. The van der Waals surface area contributed by atoms with Gasteiger partial charge in [-0.3, -0.25) is 10.5 Å². The average Bonchev–Trinajstić information content (AvgIpc) is 3.11. The Morgan fingerprint density at radius 2 is 1.86 bits per heavy atom. The highest BCUT2D eigenvalue weighted by Gasteiger charge is 2.40. The number of hydrogen-bond donors (Lipinski definition) is 2. The summed E-state index contributed by atoms with van der Waals surface area (Å²) < 4.78 is 6.56. The second-order valence-corrected chi connectivity index (χ2v) is 8.63. The summed E-state index contributed by atoms with van der Waals surface area (Å²) in [6.07, 6.45) is 1.03. The van der Waals surface area contributed by atoms with Crippen LogP contribution in [-0.2, 0) is 6.42 Å². The van der Waals surface area contributed by atoms with Crippen molar-refractivity contribution < 1.29 is 4.74 Å². The number of hydrogen-bond acceptors (Lipinski definition) is 4. The third-order valence-corrected chi connectivity index (χ3v) is 5.69. The van der Waals surface area contributed by atoms with E-state index in [0.29, 0.717) is 11.8 Å². The number of aromatic amines is 1. The summed E-state index contributed by atoms with van der Waals surface area (Å²) in [4.78, 5) is 0. The smallest absolute Gasteiger partial charge is 0.244 e. The summed E-state index contributed by atoms with van der Waals surface area (Å²) in [7, 11) is 0. The van der Waals surface area contributed by atoms with Crippen LogP contribution in [0.2, 0.25) is 0 Å². The van der Waals surface area contributed by atoms with Crippen molar-refractivity contribution in [2.45, 2.75) is 26.2 Å². The van der Waals surface area contributed by atoms with Crippen LogP contribution in [0.25, 0.3) is 11.3 Å². The molecule has 0 saturated carbocycles. The fourth-order valence-corrected chi connectivity index (χ4v) is 4.11. The molecule has 29 heavy (non-hydrogen) atoms. The Bertz CT molecular complexity index is 1080. The van der Waals surface area contributed by atoms with E-state index < -0.39 is 5.92 Å². The maximum Gasteiger partial charge on any atom is 0.244 e. The third kappa shape index (κ3) is 3.70. The van der Waals surface area contributed by atoms with Gasteiger partial charge in [-0.25, -0.2) is 0 Å². The average molecular weight is 449 g/mol. The minimum atomic E-state index is -0.708. The number of halogens is 1.